The van der Waals surface area contributed by atoms with Crippen molar-refractivity contribution in [1.82, 2.24) is 9.62 Å². The fraction of sp³-hybridized carbons (Fsp3) is 0.333. The van der Waals surface area contributed by atoms with Crippen LogP contribution in [0.1, 0.15) is 24.0 Å². The van der Waals surface area contributed by atoms with Crippen molar-refractivity contribution >= 4 is 27.5 Å². The lowest BCUT2D eigenvalue weighted by molar-refractivity contribution is -0.136. The van der Waals surface area contributed by atoms with Crippen molar-refractivity contribution in [2.75, 3.05) is 18.4 Å². The van der Waals surface area contributed by atoms with Gasteiger partial charge in [-0.1, -0.05) is 24.3 Å². The summed E-state index contributed by atoms with van der Waals surface area (Å²) >= 11 is 0. The summed E-state index contributed by atoms with van der Waals surface area (Å²) in [7, 11) is -3.63. The molecular weight excluding hydrogens is 390 g/mol. The number of carbonyl (C=O) groups is 2. The van der Waals surface area contributed by atoms with E-state index in [2.05, 4.69) is 10.6 Å². The Morgan fingerprint density at radius 3 is 2.34 bits per heavy atom. The molecule has 8 heteroatoms. The molecule has 2 aromatic rings. The molecular formula is C21H25N3O4S. The summed E-state index contributed by atoms with van der Waals surface area (Å²) in [5.74, 6) is -1.56. The number of carbonyl (C=O) groups excluding carboxylic acids is 2. The van der Waals surface area contributed by atoms with Gasteiger partial charge in [-0.2, -0.15) is 4.31 Å². The number of aryl methyl sites for hydroxylation is 2. The summed E-state index contributed by atoms with van der Waals surface area (Å²) in [6.07, 6.45) is 1.34. The first-order valence-electron chi connectivity index (χ1n) is 9.52. The van der Waals surface area contributed by atoms with E-state index in [0.29, 0.717) is 25.1 Å². The average molecular weight is 416 g/mol. The number of sulfonamides is 1. The molecule has 1 heterocycles. The predicted molar refractivity (Wildman–Crippen MR) is 111 cm³/mol. The molecule has 1 saturated heterocycles. The zero-order valence-corrected chi connectivity index (χ0v) is 17.3. The lowest BCUT2D eigenvalue weighted by Gasteiger charge is -2.24. The minimum Gasteiger partial charge on any atom is -0.346 e. The van der Waals surface area contributed by atoms with E-state index >= 15 is 0 Å². The summed E-state index contributed by atoms with van der Waals surface area (Å²) < 4.78 is 27.1. The second kappa shape index (κ2) is 8.75. The van der Waals surface area contributed by atoms with Crippen LogP contribution in [0.2, 0.25) is 0 Å². The first-order valence-corrected chi connectivity index (χ1v) is 11.0. The number of nitrogens with zero attached hydrogens (tertiary/aromatic N) is 1. The molecule has 2 aromatic carbocycles. The first-order chi connectivity index (χ1) is 13.8. The molecule has 0 aromatic heterocycles. The van der Waals surface area contributed by atoms with Gasteiger partial charge >= 0.3 is 11.8 Å². The van der Waals surface area contributed by atoms with Crippen molar-refractivity contribution in [2.24, 2.45) is 0 Å². The predicted octanol–water partition coefficient (Wildman–Crippen LogP) is 2.21. The van der Waals surface area contributed by atoms with Gasteiger partial charge in [0.1, 0.15) is 0 Å². The Morgan fingerprint density at radius 2 is 1.69 bits per heavy atom. The lowest BCUT2D eigenvalue weighted by Crippen LogP contribution is -2.45. The van der Waals surface area contributed by atoms with E-state index < -0.39 is 21.8 Å². The normalized spacial score (nSPS) is 17.1. The Balaban J connectivity index is 1.61. The largest absolute Gasteiger partial charge is 0.346 e. The number of rotatable bonds is 5. The van der Waals surface area contributed by atoms with Crippen molar-refractivity contribution in [2.45, 2.75) is 37.6 Å². The summed E-state index contributed by atoms with van der Waals surface area (Å²) in [6.45, 7) is 4.30. The Hall–Kier alpha value is -2.71. The van der Waals surface area contributed by atoms with Gasteiger partial charge in [-0.05, 0) is 62.1 Å². The van der Waals surface area contributed by atoms with Gasteiger partial charge in [0.2, 0.25) is 10.0 Å². The van der Waals surface area contributed by atoms with E-state index in [-0.39, 0.29) is 17.5 Å². The minimum atomic E-state index is -3.63. The first kappa shape index (κ1) is 21.0. The number of hydrogen-bond acceptors (Lipinski definition) is 4. The van der Waals surface area contributed by atoms with Gasteiger partial charge in [-0.25, -0.2) is 8.42 Å². The highest BCUT2D eigenvalue weighted by molar-refractivity contribution is 7.89. The van der Waals surface area contributed by atoms with Crippen LogP contribution in [-0.4, -0.2) is 43.7 Å². The molecule has 0 unspecified atom stereocenters. The number of hydrogen-bond donors (Lipinski definition) is 2. The van der Waals surface area contributed by atoms with E-state index in [1.165, 1.54) is 4.31 Å². The highest BCUT2D eigenvalue weighted by Crippen LogP contribution is 2.25. The monoisotopic (exact) mass is 415 g/mol. The second-order valence-corrected chi connectivity index (χ2v) is 9.16. The van der Waals surface area contributed by atoms with E-state index in [1.807, 2.05) is 19.9 Å². The fourth-order valence-electron chi connectivity index (χ4n) is 3.58. The maximum atomic E-state index is 12.9. The molecule has 1 fully saturated rings. The van der Waals surface area contributed by atoms with Crippen LogP contribution >= 0.6 is 0 Å². The highest BCUT2D eigenvalue weighted by Gasteiger charge is 2.35. The van der Waals surface area contributed by atoms with Crippen molar-refractivity contribution in [3.05, 3.63) is 59.7 Å². The molecule has 0 saturated carbocycles. The molecule has 154 valence electrons. The lowest BCUT2D eigenvalue weighted by atomic mass is 10.1. The molecule has 0 aliphatic carbocycles. The zero-order chi connectivity index (χ0) is 21.0. The summed E-state index contributed by atoms with van der Waals surface area (Å²) in [6, 6.07) is 13.4. The van der Waals surface area contributed by atoms with Crippen LogP contribution in [0.5, 0.6) is 0 Å². The average Bonchev–Trinajstić information content (AvgIpc) is 3.15. The summed E-state index contributed by atoms with van der Waals surface area (Å²) in [5.41, 5.74) is 2.51. The number of anilines is 1. The van der Waals surface area contributed by atoms with Crippen LogP contribution in [0.15, 0.2) is 53.4 Å². The number of nitrogens with one attached hydrogen (secondary N) is 2. The van der Waals surface area contributed by atoms with Gasteiger partial charge in [-0.15, -0.1) is 0 Å². The molecule has 0 bridgehead atoms. The summed E-state index contributed by atoms with van der Waals surface area (Å²) in [5, 5.41) is 5.15. The van der Waals surface area contributed by atoms with Crippen LogP contribution in [-0.2, 0) is 19.6 Å². The summed E-state index contributed by atoms with van der Waals surface area (Å²) in [4.78, 5) is 24.6. The molecule has 1 aliphatic rings. The van der Waals surface area contributed by atoms with Crippen LogP contribution in [0.3, 0.4) is 0 Å². The fourth-order valence-corrected chi connectivity index (χ4v) is 5.30. The van der Waals surface area contributed by atoms with Crippen molar-refractivity contribution in [3.8, 4) is 0 Å². The molecule has 29 heavy (non-hydrogen) atoms. The van der Waals surface area contributed by atoms with Crippen LogP contribution in [0.25, 0.3) is 0 Å². The Morgan fingerprint density at radius 1 is 1.03 bits per heavy atom. The zero-order valence-electron chi connectivity index (χ0n) is 16.5. The van der Waals surface area contributed by atoms with Crippen molar-refractivity contribution in [1.29, 1.82) is 0 Å². The van der Waals surface area contributed by atoms with Gasteiger partial charge in [0.15, 0.2) is 0 Å². The van der Waals surface area contributed by atoms with E-state index in [4.69, 9.17) is 0 Å². The van der Waals surface area contributed by atoms with E-state index in [9.17, 15) is 18.0 Å². The quantitative estimate of drug-likeness (QED) is 0.732. The molecule has 2 N–H and O–H groups in total. The Bertz CT molecular complexity index is 986. The topological polar surface area (TPSA) is 95.6 Å². The van der Waals surface area contributed by atoms with E-state index in [1.54, 1.807) is 42.5 Å². The van der Waals surface area contributed by atoms with Crippen LogP contribution in [0, 0.1) is 13.8 Å². The molecule has 3 rings (SSSR count). The standard InChI is InChI=1S/C21H25N3O4S/c1-15-11-16(2)13-17(12-15)23-21(26)20(25)22-14-18-7-6-10-24(18)29(27,28)19-8-4-3-5-9-19/h3-5,8-9,11-13,18H,6-7,10,14H2,1-2H3,(H,22,25)(H,23,26)/t18-/m0/s1. The molecule has 1 aliphatic heterocycles. The molecule has 7 nitrogen and oxygen atoms in total. The van der Waals surface area contributed by atoms with Crippen LogP contribution < -0.4 is 10.6 Å². The smallest absolute Gasteiger partial charge is 0.313 e. The third-order valence-electron chi connectivity index (χ3n) is 4.86. The third kappa shape index (κ3) is 5.02. The molecule has 2 amide bonds. The maximum Gasteiger partial charge on any atom is 0.313 e. The van der Waals surface area contributed by atoms with Gasteiger partial charge in [-0.3, -0.25) is 9.59 Å². The van der Waals surface area contributed by atoms with Crippen molar-refractivity contribution in [3.63, 3.8) is 0 Å². The molecule has 1 atom stereocenters. The minimum absolute atomic E-state index is 0.0885. The number of benzene rings is 2. The third-order valence-corrected chi connectivity index (χ3v) is 6.82. The van der Waals surface area contributed by atoms with Crippen LogP contribution in [0.4, 0.5) is 5.69 Å². The van der Waals surface area contributed by atoms with Gasteiger partial charge < -0.3 is 10.6 Å². The Labute approximate surface area is 171 Å². The van der Waals surface area contributed by atoms with E-state index in [0.717, 1.165) is 11.1 Å². The SMILES string of the molecule is Cc1cc(C)cc(NC(=O)C(=O)NC[C@@H]2CCCN2S(=O)(=O)c2ccccc2)c1. The highest BCUT2D eigenvalue weighted by atomic mass is 32.2. The van der Waals surface area contributed by atoms with Gasteiger partial charge in [0.05, 0.1) is 4.90 Å². The molecule has 0 radical (unpaired) electrons. The second-order valence-electron chi connectivity index (χ2n) is 7.27. The molecule has 0 spiro atoms. The van der Waals surface area contributed by atoms with Gasteiger partial charge in [0, 0.05) is 24.8 Å². The Kier molecular flexibility index (Phi) is 6.34. The van der Waals surface area contributed by atoms with Gasteiger partial charge in [0.25, 0.3) is 0 Å². The van der Waals surface area contributed by atoms with Crippen molar-refractivity contribution < 1.29 is 18.0 Å². The number of amides is 2. The maximum absolute atomic E-state index is 12.9.